The Kier molecular flexibility index (Phi) is 6.52. The molecule has 2 aromatic heterocycles. The number of aromatic amines is 1. The molecule has 4 nitrogen and oxygen atoms in total. The molecule has 118 valence electrons. The number of nitrogens with zero attached hydrogens (tertiary/aromatic N) is 1. The van der Waals surface area contributed by atoms with Crippen LogP contribution in [0.15, 0.2) is 59.9 Å². The first kappa shape index (κ1) is 16.9. The van der Waals surface area contributed by atoms with Gasteiger partial charge in [0.2, 0.25) is 5.91 Å². The number of H-pyrrole nitrogens is 1. The zero-order valence-corrected chi connectivity index (χ0v) is 14.2. The first-order valence-corrected chi connectivity index (χ1v) is 8.41. The Bertz CT molecular complexity index is 716. The Labute approximate surface area is 138 Å². The number of allylic oxidation sites excluding steroid dienone is 4. The van der Waals surface area contributed by atoms with Gasteiger partial charge in [-0.15, -0.1) is 0 Å². The van der Waals surface area contributed by atoms with Gasteiger partial charge in [0.05, 0.1) is 6.42 Å². The van der Waals surface area contributed by atoms with E-state index >= 15 is 0 Å². The number of carbonyl (C=O) groups is 1. The Hall–Kier alpha value is -2.45. The van der Waals surface area contributed by atoms with Crippen molar-refractivity contribution >= 4 is 25.7 Å². The molecule has 0 spiro atoms. The van der Waals surface area contributed by atoms with E-state index in [1.54, 1.807) is 19.4 Å². The Morgan fingerprint density at radius 3 is 2.96 bits per heavy atom. The van der Waals surface area contributed by atoms with E-state index < -0.39 is 0 Å². The van der Waals surface area contributed by atoms with E-state index in [2.05, 4.69) is 26.9 Å². The molecule has 0 atom stereocenters. The first-order valence-electron chi connectivity index (χ1n) is 7.38. The van der Waals surface area contributed by atoms with Crippen molar-refractivity contribution in [3.05, 3.63) is 71.3 Å². The van der Waals surface area contributed by atoms with Gasteiger partial charge in [-0.05, 0) is 41.3 Å². The number of aromatic nitrogens is 2. The van der Waals surface area contributed by atoms with Gasteiger partial charge < -0.3 is 10.3 Å². The Morgan fingerprint density at radius 1 is 1.48 bits per heavy atom. The maximum atomic E-state index is 11.8. The molecule has 0 aliphatic carbocycles. The molecule has 0 saturated carbocycles. The van der Waals surface area contributed by atoms with Crippen LogP contribution in [-0.4, -0.2) is 22.9 Å². The number of hydrogen-bond acceptors (Lipinski definition) is 2. The summed E-state index contributed by atoms with van der Waals surface area (Å²) in [6.45, 7) is 1.98. The fourth-order valence-electron chi connectivity index (χ4n) is 2.02. The normalized spacial score (nSPS) is 13.0. The molecule has 5 heteroatoms. The second-order valence-electron chi connectivity index (χ2n) is 4.86. The monoisotopic (exact) mass is 325 g/mol. The third-order valence-corrected chi connectivity index (χ3v) is 4.06. The van der Waals surface area contributed by atoms with Crippen LogP contribution in [0, 0.1) is 0 Å². The molecular formula is C18H20N3OP. The summed E-state index contributed by atoms with van der Waals surface area (Å²) in [5, 5.41) is 2.69. The molecule has 0 aliphatic heterocycles. The molecule has 2 rings (SSSR count). The fourth-order valence-corrected chi connectivity index (χ4v) is 2.71. The van der Waals surface area contributed by atoms with Gasteiger partial charge in [-0.2, -0.15) is 0 Å². The number of carbonyl (C=O) groups excluding carboxylic acids is 1. The van der Waals surface area contributed by atoms with E-state index in [4.69, 9.17) is 0 Å². The summed E-state index contributed by atoms with van der Waals surface area (Å²) in [4.78, 5) is 19.0. The number of amides is 1. The van der Waals surface area contributed by atoms with Gasteiger partial charge in [0.25, 0.3) is 0 Å². The van der Waals surface area contributed by atoms with Crippen LogP contribution in [0.3, 0.4) is 0 Å². The highest BCUT2D eigenvalue weighted by Crippen LogP contribution is 2.23. The number of imidazole rings is 1. The summed E-state index contributed by atoms with van der Waals surface area (Å²) >= 11 is 0. The van der Waals surface area contributed by atoms with E-state index in [1.807, 2.05) is 43.4 Å². The minimum atomic E-state index is 0.00207. The van der Waals surface area contributed by atoms with Gasteiger partial charge >= 0.3 is 0 Å². The van der Waals surface area contributed by atoms with Crippen molar-refractivity contribution in [2.45, 2.75) is 13.3 Å². The predicted octanol–water partition coefficient (Wildman–Crippen LogP) is 4.17. The second kappa shape index (κ2) is 8.86. The SMILES string of the molecule is C/C=C(/C=C/c1ncc[nH]1)\C=C(/CC(=O)NC)c1cccpc1. The molecule has 1 amide bonds. The molecule has 0 aromatic carbocycles. The third kappa shape index (κ3) is 5.35. The van der Waals surface area contributed by atoms with Gasteiger partial charge in [0.1, 0.15) is 5.82 Å². The summed E-state index contributed by atoms with van der Waals surface area (Å²) in [6, 6.07) is 4.05. The molecule has 2 aromatic rings. The highest BCUT2D eigenvalue weighted by atomic mass is 31.0. The summed E-state index contributed by atoms with van der Waals surface area (Å²) < 4.78 is 0. The standard InChI is InChI=1S/C18H20N3OP/c1-3-14(6-7-17-20-8-9-21-17)11-16(12-18(22)19-2)15-5-4-10-23-13-15/h3-11,13H,12H2,1-2H3,(H,19,22)(H,20,21)/b7-6+,14-3-,16-11+. The lowest BCUT2D eigenvalue weighted by molar-refractivity contribution is -0.119. The van der Waals surface area contributed by atoms with Crippen molar-refractivity contribution in [1.82, 2.24) is 15.3 Å². The first-order chi connectivity index (χ1) is 11.2. The van der Waals surface area contributed by atoms with E-state index in [1.165, 1.54) is 0 Å². The lowest BCUT2D eigenvalue weighted by Crippen LogP contribution is -2.17. The predicted molar refractivity (Wildman–Crippen MR) is 97.0 cm³/mol. The molecule has 0 unspecified atom stereocenters. The van der Waals surface area contributed by atoms with E-state index in [0.29, 0.717) is 6.42 Å². The smallest absolute Gasteiger partial charge is 0.224 e. The summed E-state index contributed by atoms with van der Waals surface area (Å²) in [6.07, 6.45) is 11.8. The zero-order valence-electron chi connectivity index (χ0n) is 13.3. The van der Waals surface area contributed by atoms with E-state index in [-0.39, 0.29) is 5.91 Å². The van der Waals surface area contributed by atoms with Crippen molar-refractivity contribution in [3.8, 4) is 0 Å². The van der Waals surface area contributed by atoms with Gasteiger partial charge in [0, 0.05) is 19.4 Å². The second-order valence-corrected chi connectivity index (χ2v) is 5.71. The highest BCUT2D eigenvalue weighted by molar-refractivity contribution is 7.28. The minimum Gasteiger partial charge on any atom is -0.359 e. The van der Waals surface area contributed by atoms with Crippen LogP contribution in [0.1, 0.15) is 24.7 Å². The molecule has 0 fully saturated rings. The summed E-state index contributed by atoms with van der Waals surface area (Å²) in [5.74, 6) is 4.98. The minimum absolute atomic E-state index is 0.00207. The third-order valence-electron chi connectivity index (χ3n) is 3.29. The lowest BCUT2D eigenvalue weighted by atomic mass is 10.0. The molecule has 0 aliphatic rings. The van der Waals surface area contributed by atoms with Gasteiger partial charge in [0.15, 0.2) is 0 Å². The largest absolute Gasteiger partial charge is 0.359 e. The Balaban J connectivity index is 2.28. The van der Waals surface area contributed by atoms with Gasteiger partial charge in [-0.1, -0.05) is 38.6 Å². The zero-order chi connectivity index (χ0) is 16.5. The number of rotatable bonds is 6. The Morgan fingerprint density at radius 2 is 2.35 bits per heavy atom. The lowest BCUT2D eigenvalue weighted by Gasteiger charge is -2.08. The number of hydrogen-bond donors (Lipinski definition) is 2. The molecular weight excluding hydrogens is 305 g/mol. The summed E-state index contributed by atoms with van der Waals surface area (Å²) in [7, 11) is 2.79. The molecule has 2 heterocycles. The molecule has 0 bridgehead atoms. The van der Waals surface area contributed by atoms with Crippen LogP contribution in [0.25, 0.3) is 11.6 Å². The fraction of sp³-hybridized carbons (Fsp3) is 0.167. The highest BCUT2D eigenvalue weighted by Gasteiger charge is 2.07. The van der Waals surface area contributed by atoms with Gasteiger partial charge in [-0.3, -0.25) is 4.79 Å². The van der Waals surface area contributed by atoms with Crippen LogP contribution in [0.4, 0.5) is 0 Å². The average Bonchev–Trinajstić information content (AvgIpc) is 3.11. The van der Waals surface area contributed by atoms with E-state index in [9.17, 15) is 4.79 Å². The average molecular weight is 325 g/mol. The number of nitrogens with one attached hydrogen (secondary N) is 2. The molecule has 23 heavy (non-hydrogen) atoms. The topological polar surface area (TPSA) is 57.8 Å². The van der Waals surface area contributed by atoms with Gasteiger partial charge in [-0.25, -0.2) is 4.98 Å². The van der Waals surface area contributed by atoms with Crippen LogP contribution in [-0.2, 0) is 4.79 Å². The van der Waals surface area contributed by atoms with Crippen molar-refractivity contribution in [1.29, 1.82) is 0 Å². The van der Waals surface area contributed by atoms with Crippen LogP contribution in [0.5, 0.6) is 0 Å². The van der Waals surface area contributed by atoms with E-state index in [0.717, 1.165) is 30.7 Å². The van der Waals surface area contributed by atoms with Crippen LogP contribution < -0.4 is 5.32 Å². The molecule has 2 N–H and O–H groups in total. The molecule has 0 radical (unpaired) electrons. The molecule has 0 saturated heterocycles. The van der Waals surface area contributed by atoms with Crippen LogP contribution in [0.2, 0.25) is 0 Å². The van der Waals surface area contributed by atoms with Crippen molar-refractivity contribution in [2.24, 2.45) is 0 Å². The van der Waals surface area contributed by atoms with Crippen molar-refractivity contribution < 1.29 is 4.79 Å². The van der Waals surface area contributed by atoms with Crippen LogP contribution >= 0.6 is 8.19 Å². The van der Waals surface area contributed by atoms with Crippen molar-refractivity contribution in [3.63, 3.8) is 0 Å². The quantitative estimate of drug-likeness (QED) is 0.783. The maximum Gasteiger partial charge on any atom is 0.224 e. The van der Waals surface area contributed by atoms with Crippen molar-refractivity contribution in [2.75, 3.05) is 7.05 Å². The maximum absolute atomic E-state index is 11.8. The summed E-state index contributed by atoms with van der Waals surface area (Å²) in [5.41, 5.74) is 3.11.